The molecule has 2 aliphatic rings. The average molecular weight is 419 g/mol. The van der Waals surface area contributed by atoms with E-state index in [9.17, 15) is 0 Å². The highest BCUT2D eigenvalue weighted by Crippen LogP contribution is 2.48. The fourth-order valence-electron chi connectivity index (χ4n) is 3.81. The zero-order valence-corrected chi connectivity index (χ0v) is 16.6. The van der Waals surface area contributed by atoms with Gasteiger partial charge in [-0.15, -0.1) is 0 Å². The Bertz CT molecular complexity index is 1010. The molecule has 27 heavy (non-hydrogen) atoms. The Balaban J connectivity index is 1.61. The minimum absolute atomic E-state index is 0.174. The van der Waals surface area contributed by atoms with E-state index in [1.807, 2.05) is 12.1 Å². The summed E-state index contributed by atoms with van der Waals surface area (Å²) < 4.78 is 7.47. The maximum atomic E-state index is 6.41. The summed E-state index contributed by atoms with van der Waals surface area (Å²) in [6.07, 6.45) is 0.657. The molecule has 0 aliphatic carbocycles. The van der Waals surface area contributed by atoms with Crippen molar-refractivity contribution in [2.75, 3.05) is 0 Å². The van der Waals surface area contributed by atoms with Gasteiger partial charge in [0.05, 0.1) is 11.8 Å². The highest BCUT2D eigenvalue weighted by Gasteiger charge is 2.40. The lowest BCUT2D eigenvalue weighted by Crippen LogP contribution is -2.33. The van der Waals surface area contributed by atoms with Gasteiger partial charge in [-0.3, -0.25) is 0 Å². The zero-order chi connectivity index (χ0) is 18.4. The topological polar surface area (TPSA) is 24.8 Å². The highest BCUT2D eigenvalue weighted by atomic mass is 79.9. The number of halogens is 1. The summed E-state index contributed by atoms with van der Waals surface area (Å²) in [6, 6.07) is 25.4. The van der Waals surface area contributed by atoms with Crippen LogP contribution in [0.25, 0.3) is 0 Å². The van der Waals surface area contributed by atoms with Gasteiger partial charge >= 0.3 is 0 Å². The summed E-state index contributed by atoms with van der Waals surface area (Å²) in [6.45, 7) is 2.10. The van der Waals surface area contributed by atoms with Gasteiger partial charge in [0, 0.05) is 22.0 Å². The van der Waals surface area contributed by atoms with Gasteiger partial charge in [-0.05, 0) is 30.7 Å². The molecule has 3 nitrogen and oxygen atoms in total. The molecule has 0 N–H and O–H groups in total. The molecule has 0 saturated carbocycles. The van der Waals surface area contributed by atoms with Crippen LogP contribution in [-0.4, -0.2) is 10.7 Å². The third-order valence-corrected chi connectivity index (χ3v) is 5.71. The Hall–Kier alpha value is -2.59. The van der Waals surface area contributed by atoms with Crippen molar-refractivity contribution in [2.45, 2.75) is 25.6 Å². The maximum Gasteiger partial charge on any atom is 0.213 e. The summed E-state index contributed by atoms with van der Waals surface area (Å²) in [5.74, 6) is 0.939. The second-order valence-corrected chi connectivity index (χ2v) is 7.99. The molecule has 2 atom stereocenters. The molecule has 0 unspecified atom stereocenters. The van der Waals surface area contributed by atoms with Gasteiger partial charge in [-0.2, -0.15) is 5.10 Å². The predicted octanol–water partition coefficient (Wildman–Crippen LogP) is 6.00. The van der Waals surface area contributed by atoms with Gasteiger partial charge in [0.25, 0.3) is 0 Å². The van der Waals surface area contributed by atoms with E-state index in [0.29, 0.717) is 0 Å². The summed E-state index contributed by atoms with van der Waals surface area (Å²) in [7, 11) is 0. The zero-order valence-electron chi connectivity index (χ0n) is 15.0. The van der Waals surface area contributed by atoms with Crippen molar-refractivity contribution in [3.05, 3.63) is 99.5 Å². The smallest absolute Gasteiger partial charge is 0.213 e. The number of nitrogens with zero attached hydrogens (tertiary/aromatic N) is 2. The molecule has 3 aromatic carbocycles. The minimum atomic E-state index is -0.217. The van der Waals surface area contributed by atoms with E-state index in [2.05, 4.69) is 88.5 Å². The Kier molecular flexibility index (Phi) is 4.01. The summed E-state index contributed by atoms with van der Waals surface area (Å²) in [4.78, 5) is 0. The van der Waals surface area contributed by atoms with E-state index in [0.717, 1.165) is 27.9 Å². The second-order valence-electron chi connectivity index (χ2n) is 7.08. The van der Waals surface area contributed by atoms with Gasteiger partial charge < -0.3 is 4.74 Å². The van der Waals surface area contributed by atoms with Crippen molar-refractivity contribution in [2.24, 2.45) is 5.10 Å². The van der Waals surface area contributed by atoms with Crippen LogP contribution in [0.15, 0.2) is 82.4 Å². The first-order valence-electron chi connectivity index (χ1n) is 9.13. The lowest BCUT2D eigenvalue weighted by atomic mass is 9.96. The van der Waals surface area contributed by atoms with Crippen LogP contribution in [0.3, 0.4) is 0 Å². The van der Waals surface area contributed by atoms with Crippen molar-refractivity contribution < 1.29 is 4.74 Å². The first-order valence-corrected chi connectivity index (χ1v) is 9.92. The molecule has 4 heteroatoms. The fourth-order valence-corrected chi connectivity index (χ4v) is 4.19. The maximum absolute atomic E-state index is 6.41. The molecule has 0 amide bonds. The number of fused-ring (bicyclic) bond motifs is 3. The van der Waals surface area contributed by atoms with E-state index in [1.165, 1.54) is 16.7 Å². The SMILES string of the molecule is Cc1ccc([C@H]2Oc3ccc(Br)cc3[C@@H]3CC(c4ccccc4)=NN23)cc1. The molecule has 5 rings (SSSR count). The quantitative estimate of drug-likeness (QED) is 0.509. The molecule has 0 spiro atoms. The second kappa shape index (κ2) is 6.54. The van der Waals surface area contributed by atoms with Crippen LogP contribution in [0.1, 0.15) is 40.9 Å². The normalized spacial score (nSPS) is 20.5. The van der Waals surface area contributed by atoms with Crippen LogP contribution in [0.5, 0.6) is 5.75 Å². The van der Waals surface area contributed by atoms with Crippen LogP contribution < -0.4 is 4.74 Å². The first-order chi connectivity index (χ1) is 13.2. The number of aryl methyl sites for hydroxylation is 1. The molecule has 0 bridgehead atoms. The summed E-state index contributed by atoms with van der Waals surface area (Å²) in [5, 5.41) is 7.13. The van der Waals surface area contributed by atoms with E-state index >= 15 is 0 Å². The first kappa shape index (κ1) is 16.6. The van der Waals surface area contributed by atoms with Crippen molar-refractivity contribution in [1.82, 2.24) is 5.01 Å². The van der Waals surface area contributed by atoms with Crippen LogP contribution in [-0.2, 0) is 0 Å². The van der Waals surface area contributed by atoms with E-state index in [1.54, 1.807) is 0 Å². The number of benzene rings is 3. The van der Waals surface area contributed by atoms with E-state index in [-0.39, 0.29) is 12.3 Å². The van der Waals surface area contributed by atoms with Crippen LogP contribution in [0.4, 0.5) is 0 Å². The summed E-state index contributed by atoms with van der Waals surface area (Å²) >= 11 is 3.60. The third kappa shape index (κ3) is 2.94. The van der Waals surface area contributed by atoms with Crippen molar-refractivity contribution in [3.8, 4) is 5.75 Å². The van der Waals surface area contributed by atoms with Gasteiger partial charge in [-0.1, -0.05) is 76.1 Å². The van der Waals surface area contributed by atoms with Gasteiger partial charge in [0.15, 0.2) is 0 Å². The molecule has 3 aromatic rings. The molecule has 2 aliphatic heterocycles. The molecule has 2 heterocycles. The number of rotatable bonds is 2. The van der Waals surface area contributed by atoms with Crippen molar-refractivity contribution >= 4 is 21.6 Å². The van der Waals surface area contributed by atoms with Crippen molar-refractivity contribution in [1.29, 1.82) is 0 Å². The number of hydrogen-bond donors (Lipinski definition) is 0. The molecule has 0 saturated heterocycles. The monoisotopic (exact) mass is 418 g/mol. The van der Waals surface area contributed by atoms with Gasteiger partial charge in [0.1, 0.15) is 5.75 Å². The van der Waals surface area contributed by atoms with E-state index < -0.39 is 0 Å². The molecular weight excluding hydrogens is 400 g/mol. The molecule has 0 fully saturated rings. The van der Waals surface area contributed by atoms with Crippen LogP contribution in [0, 0.1) is 6.92 Å². The Morgan fingerprint density at radius 3 is 2.56 bits per heavy atom. The molecule has 0 radical (unpaired) electrons. The molecule has 134 valence electrons. The van der Waals surface area contributed by atoms with E-state index in [4.69, 9.17) is 9.84 Å². The van der Waals surface area contributed by atoms with Gasteiger partial charge in [0.2, 0.25) is 6.23 Å². The minimum Gasteiger partial charge on any atom is -0.464 e. The average Bonchev–Trinajstić information content (AvgIpc) is 3.15. The van der Waals surface area contributed by atoms with Crippen LogP contribution >= 0.6 is 15.9 Å². The largest absolute Gasteiger partial charge is 0.464 e. The van der Waals surface area contributed by atoms with Crippen molar-refractivity contribution in [3.63, 3.8) is 0 Å². The lowest BCUT2D eigenvalue weighted by Gasteiger charge is -2.38. The number of hydrogen-bond acceptors (Lipinski definition) is 3. The Morgan fingerprint density at radius 2 is 1.78 bits per heavy atom. The predicted molar refractivity (Wildman–Crippen MR) is 111 cm³/mol. The Morgan fingerprint density at radius 1 is 1.00 bits per heavy atom. The summed E-state index contributed by atoms with van der Waals surface area (Å²) in [5.41, 5.74) is 5.82. The third-order valence-electron chi connectivity index (χ3n) is 5.22. The highest BCUT2D eigenvalue weighted by molar-refractivity contribution is 9.10. The number of hydrazone groups is 1. The fraction of sp³-hybridized carbons (Fsp3) is 0.174. The standard InChI is InChI=1S/C23H19BrN2O/c1-15-7-9-17(10-8-15)23-26-21(19-13-18(24)11-12-22(19)27-23)14-20(25-26)16-5-3-2-4-6-16/h2-13,21,23H,14H2,1H3/t21-,23+/m0/s1. The molecular formula is C23H19BrN2O. The Labute approximate surface area is 167 Å². The van der Waals surface area contributed by atoms with Crippen LogP contribution in [0.2, 0.25) is 0 Å². The number of ether oxygens (including phenoxy) is 1. The molecule has 0 aromatic heterocycles. The van der Waals surface area contributed by atoms with Gasteiger partial charge in [-0.25, -0.2) is 5.01 Å². The lowest BCUT2D eigenvalue weighted by molar-refractivity contribution is -0.0190.